The molecule has 2 heterocycles. The van der Waals surface area contributed by atoms with Gasteiger partial charge in [0.25, 0.3) is 5.91 Å². The second-order valence-corrected chi connectivity index (χ2v) is 7.07. The van der Waals surface area contributed by atoms with Gasteiger partial charge in [-0.2, -0.15) is 0 Å². The quantitative estimate of drug-likeness (QED) is 0.835. The first-order chi connectivity index (χ1) is 11.6. The van der Waals surface area contributed by atoms with Gasteiger partial charge < -0.3 is 9.64 Å². The molecule has 1 atom stereocenters. The largest absolute Gasteiger partial charge is 0.481 e. The molecular weight excluding hydrogens is 322 g/mol. The van der Waals surface area contributed by atoms with E-state index >= 15 is 0 Å². The Balaban J connectivity index is 1.50. The number of benzene rings is 1. The summed E-state index contributed by atoms with van der Waals surface area (Å²) in [6, 6.07) is 7.80. The summed E-state index contributed by atoms with van der Waals surface area (Å²) >= 11 is 1.68. The number of ether oxygens (including phenoxy) is 1. The fourth-order valence-electron chi connectivity index (χ4n) is 2.85. The van der Waals surface area contributed by atoms with Crippen molar-refractivity contribution in [3.05, 3.63) is 46.4 Å². The SMILES string of the molecule is Cc1ccccc1O[C@H](C)C(=O)N1CCN(Cc2cncs2)CC1. The molecule has 128 valence electrons. The minimum atomic E-state index is -0.459. The Bertz CT molecular complexity index is 667. The van der Waals surface area contributed by atoms with Crippen LogP contribution < -0.4 is 4.74 Å². The number of rotatable bonds is 5. The minimum Gasteiger partial charge on any atom is -0.481 e. The molecule has 5 nitrogen and oxygen atoms in total. The number of aryl methyl sites for hydroxylation is 1. The van der Waals surface area contributed by atoms with Gasteiger partial charge in [0.15, 0.2) is 6.10 Å². The first-order valence-corrected chi connectivity index (χ1v) is 9.12. The summed E-state index contributed by atoms with van der Waals surface area (Å²) < 4.78 is 5.86. The van der Waals surface area contributed by atoms with Gasteiger partial charge >= 0.3 is 0 Å². The number of nitrogens with zero attached hydrogens (tertiary/aromatic N) is 3. The molecule has 0 saturated carbocycles. The lowest BCUT2D eigenvalue weighted by Crippen LogP contribution is -2.51. The molecule has 3 rings (SSSR count). The van der Waals surface area contributed by atoms with Crippen molar-refractivity contribution >= 4 is 17.2 Å². The topological polar surface area (TPSA) is 45.7 Å². The molecule has 0 N–H and O–H groups in total. The van der Waals surface area contributed by atoms with Crippen molar-refractivity contribution < 1.29 is 9.53 Å². The lowest BCUT2D eigenvalue weighted by Gasteiger charge is -2.35. The smallest absolute Gasteiger partial charge is 0.263 e. The first-order valence-electron chi connectivity index (χ1n) is 8.24. The molecule has 1 aliphatic rings. The van der Waals surface area contributed by atoms with Crippen LogP contribution in [0.15, 0.2) is 36.0 Å². The third-order valence-electron chi connectivity index (χ3n) is 4.29. The van der Waals surface area contributed by atoms with E-state index < -0.39 is 6.10 Å². The van der Waals surface area contributed by atoms with Crippen molar-refractivity contribution in [3.63, 3.8) is 0 Å². The van der Waals surface area contributed by atoms with E-state index in [-0.39, 0.29) is 5.91 Å². The first kappa shape index (κ1) is 16.9. The monoisotopic (exact) mass is 345 g/mol. The Kier molecular flexibility index (Phi) is 5.48. The van der Waals surface area contributed by atoms with E-state index in [2.05, 4.69) is 9.88 Å². The fourth-order valence-corrected chi connectivity index (χ4v) is 3.49. The van der Waals surface area contributed by atoms with Crippen molar-refractivity contribution in [2.75, 3.05) is 26.2 Å². The predicted octanol–water partition coefficient (Wildman–Crippen LogP) is 2.56. The molecule has 0 spiro atoms. The average molecular weight is 345 g/mol. The van der Waals surface area contributed by atoms with Crippen LogP contribution in [0.25, 0.3) is 0 Å². The lowest BCUT2D eigenvalue weighted by atomic mass is 10.2. The van der Waals surface area contributed by atoms with Crippen LogP contribution in [0.4, 0.5) is 0 Å². The second-order valence-electron chi connectivity index (χ2n) is 6.09. The predicted molar refractivity (Wildman–Crippen MR) is 95.2 cm³/mol. The summed E-state index contributed by atoms with van der Waals surface area (Å²) in [6.45, 7) is 8.02. The number of piperazine rings is 1. The van der Waals surface area contributed by atoms with Crippen molar-refractivity contribution in [1.82, 2.24) is 14.8 Å². The molecule has 0 bridgehead atoms. The summed E-state index contributed by atoms with van der Waals surface area (Å²) in [5.41, 5.74) is 2.91. The van der Waals surface area contributed by atoms with Gasteiger partial charge in [0, 0.05) is 43.8 Å². The summed E-state index contributed by atoms with van der Waals surface area (Å²) in [6.07, 6.45) is 1.46. The van der Waals surface area contributed by atoms with Crippen molar-refractivity contribution in [2.24, 2.45) is 0 Å². The van der Waals surface area contributed by atoms with E-state index in [0.29, 0.717) is 0 Å². The van der Waals surface area contributed by atoms with E-state index in [0.717, 1.165) is 44.0 Å². The number of hydrogen-bond donors (Lipinski definition) is 0. The highest BCUT2D eigenvalue weighted by Gasteiger charge is 2.26. The van der Waals surface area contributed by atoms with Crippen molar-refractivity contribution in [2.45, 2.75) is 26.5 Å². The zero-order valence-electron chi connectivity index (χ0n) is 14.1. The van der Waals surface area contributed by atoms with Crippen LogP contribution >= 0.6 is 11.3 Å². The van der Waals surface area contributed by atoms with Gasteiger partial charge in [-0.25, -0.2) is 0 Å². The van der Waals surface area contributed by atoms with E-state index in [1.165, 1.54) is 4.88 Å². The van der Waals surface area contributed by atoms with Crippen molar-refractivity contribution in [1.29, 1.82) is 0 Å². The van der Waals surface area contributed by atoms with Crippen LogP contribution in [0.3, 0.4) is 0 Å². The van der Waals surface area contributed by atoms with Crippen LogP contribution in [-0.4, -0.2) is 53.0 Å². The second kappa shape index (κ2) is 7.77. The van der Waals surface area contributed by atoms with Gasteiger partial charge in [-0.1, -0.05) is 18.2 Å². The fraction of sp³-hybridized carbons (Fsp3) is 0.444. The molecule has 0 aliphatic carbocycles. The minimum absolute atomic E-state index is 0.0655. The molecule has 1 aliphatic heterocycles. The number of carbonyl (C=O) groups is 1. The van der Waals surface area contributed by atoms with E-state index in [9.17, 15) is 4.79 Å². The standard InChI is InChI=1S/C18H23N3O2S/c1-14-5-3-4-6-17(14)23-15(2)18(22)21-9-7-20(8-10-21)12-16-11-19-13-24-16/h3-6,11,13,15H,7-10,12H2,1-2H3/t15-/m1/s1. The molecule has 2 aromatic rings. The number of hydrogen-bond acceptors (Lipinski definition) is 5. The molecule has 6 heteroatoms. The Morgan fingerprint density at radius 2 is 2.04 bits per heavy atom. The molecule has 0 unspecified atom stereocenters. The molecule has 1 fully saturated rings. The van der Waals surface area contributed by atoms with Crippen LogP contribution in [0, 0.1) is 6.92 Å². The van der Waals surface area contributed by atoms with Crippen LogP contribution in [0.1, 0.15) is 17.4 Å². The third kappa shape index (κ3) is 4.13. The van der Waals surface area contributed by atoms with Crippen LogP contribution in [0.5, 0.6) is 5.75 Å². The van der Waals surface area contributed by atoms with Gasteiger partial charge in [-0.3, -0.25) is 14.7 Å². The van der Waals surface area contributed by atoms with Gasteiger partial charge in [-0.05, 0) is 25.5 Å². The van der Waals surface area contributed by atoms with Gasteiger partial charge in [0.05, 0.1) is 5.51 Å². The van der Waals surface area contributed by atoms with E-state index in [1.807, 2.05) is 54.7 Å². The Morgan fingerprint density at radius 3 is 2.71 bits per heavy atom. The lowest BCUT2D eigenvalue weighted by molar-refractivity contribution is -0.139. The number of para-hydroxylation sites is 1. The van der Waals surface area contributed by atoms with E-state index in [4.69, 9.17) is 4.74 Å². The maximum atomic E-state index is 12.6. The summed E-state index contributed by atoms with van der Waals surface area (Å²) in [5, 5.41) is 0. The molecule has 1 aromatic heterocycles. The molecular formula is C18H23N3O2S. The normalized spacial score (nSPS) is 16.8. The highest BCUT2D eigenvalue weighted by Crippen LogP contribution is 2.19. The third-order valence-corrected chi connectivity index (χ3v) is 5.06. The Morgan fingerprint density at radius 1 is 1.29 bits per heavy atom. The number of thiazole rings is 1. The van der Waals surface area contributed by atoms with Gasteiger partial charge in [-0.15, -0.1) is 11.3 Å². The average Bonchev–Trinajstić information content (AvgIpc) is 3.10. The van der Waals surface area contributed by atoms with Gasteiger partial charge in [0.1, 0.15) is 5.75 Å². The summed E-state index contributed by atoms with van der Waals surface area (Å²) in [7, 11) is 0. The van der Waals surface area contributed by atoms with Crippen LogP contribution in [-0.2, 0) is 11.3 Å². The molecule has 1 amide bonds. The molecule has 1 aromatic carbocycles. The summed E-state index contributed by atoms with van der Waals surface area (Å²) in [4.78, 5) is 22.3. The zero-order chi connectivity index (χ0) is 16.9. The van der Waals surface area contributed by atoms with Crippen molar-refractivity contribution in [3.8, 4) is 5.75 Å². The zero-order valence-corrected chi connectivity index (χ0v) is 15.0. The maximum absolute atomic E-state index is 12.6. The molecule has 1 saturated heterocycles. The Hall–Kier alpha value is -1.92. The molecule has 0 radical (unpaired) electrons. The Labute approximate surface area is 146 Å². The van der Waals surface area contributed by atoms with Crippen LogP contribution in [0.2, 0.25) is 0 Å². The van der Waals surface area contributed by atoms with Gasteiger partial charge in [0.2, 0.25) is 0 Å². The number of aromatic nitrogens is 1. The molecule has 24 heavy (non-hydrogen) atoms. The summed E-state index contributed by atoms with van der Waals surface area (Å²) in [5.74, 6) is 0.845. The number of amides is 1. The maximum Gasteiger partial charge on any atom is 0.263 e. The highest BCUT2D eigenvalue weighted by atomic mass is 32.1. The number of carbonyl (C=O) groups excluding carboxylic acids is 1. The van der Waals surface area contributed by atoms with E-state index in [1.54, 1.807) is 11.3 Å². The highest BCUT2D eigenvalue weighted by molar-refractivity contribution is 7.09.